The molecule has 194 valence electrons. The van der Waals surface area contributed by atoms with Crippen LogP contribution < -0.4 is 19.7 Å². The molecule has 6 rings (SSSR count). The van der Waals surface area contributed by atoms with Crippen LogP contribution in [0.4, 0.5) is 5.69 Å². The minimum Gasteiger partial charge on any atom is -0.497 e. The zero-order chi connectivity index (χ0) is 26.8. The Hall–Kier alpha value is -4.33. The van der Waals surface area contributed by atoms with E-state index in [1.54, 1.807) is 13.3 Å². The van der Waals surface area contributed by atoms with Crippen molar-refractivity contribution < 1.29 is 9.47 Å². The lowest BCUT2D eigenvalue weighted by Crippen LogP contribution is -2.30. The van der Waals surface area contributed by atoms with E-state index in [1.807, 2.05) is 103 Å². The van der Waals surface area contributed by atoms with Gasteiger partial charge in [-0.2, -0.15) is 0 Å². The Kier molecular flexibility index (Phi) is 6.92. The average molecular weight is 553 g/mol. The molecule has 3 heterocycles. The van der Waals surface area contributed by atoms with Gasteiger partial charge in [0.05, 0.1) is 18.8 Å². The van der Waals surface area contributed by atoms with Crippen molar-refractivity contribution in [3.05, 3.63) is 132 Å². The minimum atomic E-state index is -0.172. The van der Waals surface area contributed by atoms with Gasteiger partial charge in [-0.25, -0.2) is 0 Å². The van der Waals surface area contributed by atoms with Gasteiger partial charge < -0.3 is 24.3 Å². The first-order valence-corrected chi connectivity index (χ1v) is 13.3. The quantitative estimate of drug-likeness (QED) is 0.211. The molecule has 0 saturated carbocycles. The van der Waals surface area contributed by atoms with E-state index in [1.165, 1.54) is 0 Å². The predicted octanol–water partition coefficient (Wildman–Crippen LogP) is 7.50. The van der Waals surface area contributed by atoms with Crippen LogP contribution in [0.15, 0.2) is 116 Å². The van der Waals surface area contributed by atoms with Gasteiger partial charge in [-0.15, -0.1) is 0 Å². The van der Waals surface area contributed by atoms with Gasteiger partial charge in [0.2, 0.25) is 0 Å². The number of pyridine rings is 1. The van der Waals surface area contributed by atoms with Gasteiger partial charge in [-0.1, -0.05) is 23.7 Å². The van der Waals surface area contributed by atoms with Crippen LogP contribution in [0.2, 0.25) is 5.02 Å². The smallest absolute Gasteiger partial charge is 0.174 e. The van der Waals surface area contributed by atoms with Crippen molar-refractivity contribution in [2.24, 2.45) is 0 Å². The highest BCUT2D eigenvalue weighted by atomic mass is 35.5. The highest BCUT2D eigenvalue weighted by Crippen LogP contribution is 2.42. The summed E-state index contributed by atoms with van der Waals surface area (Å²) in [6.07, 6.45) is 3.85. The molecule has 0 unspecified atom stereocenters. The van der Waals surface area contributed by atoms with Crippen molar-refractivity contribution in [3.63, 3.8) is 0 Å². The number of anilines is 1. The zero-order valence-electron chi connectivity index (χ0n) is 21.1. The first-order chi connectivity index (χ1) is 19.1. The molecule has 1 N–H and O–H groups in total. The van der Waals surface area contributed by atoms with Crippen LogP contribution in [0, 0.1) is 0 Å². The third-order valence-electron chi connectivity index (χ3n) is 6.68. The zero-order valence-corrected chi connectivity index (χ0v) is 22.6. The van der Waals surface area contributed by atoms with Gasteiger partial charge in [0.1, 0.15) is 23.3 Å². The molecule has 5 aromatic rings. The predicted molar refractivity (Wildman–Crippen MR) is 158 cm³/mol. The molecule has 0 radical (unpaired) electrons. The number of nitrogens with one attached hydrogen (secondary N) is 1. The molecule has 3 aromatic carbocycles. The standard InChI is InChI=1S/C31H25ClN4O2S/c1-37-24-14-16-26(17-15-24)38-25-12-10-22(11-13-25)36-30(29(34-31(36)39)27-8-2-3-18-33-27)28-9-5-19-35(28)23-7-4-6-21(32)20-23/h2-20,29-30H,1H3,(H,34,39)/t29-,30+/m0/s1. The van der Waals surface area contributed by atoms with Crippen LogP contribution in [0.3, 0.4) is 0 Å². The largest absolute Gasteiger partial charge is 0.497 e. The van der Waals surface area contributed by atoms with E-state index in [2.05, 4.69) is 25.8 Å². The fraction of sp³-hybridized carbons (Fsp3) is 0.0968. The lowest BCUT2D eigenvalue weighted by Gasteiger charge is -2.29. The van der Waals surface area contributed by atoms with Crippen LogP contribution in [0.25, 0.3) is 5.69 Å². The second kappa shape index (κ2) is 10.8. The molecule has 2 atom stereocenters. The van der Waals surface area contributed by atoms with Gasteiger partial charge in [0.25, 0.3) is 0 Å². The third kappa shape index (κ3) is 5.06. The summed E-state index contributed by atoms with van der Waals surface area (Å²) in [7, 11) is 1.64. The van der Waals surface area contributed by atoms with Crippen molar-refractivity contribution in [3.8, 4) is 22.9 Å². The molecule has 6 nitrogen and oxygen atoms in total. The summed E-state index contributed by atoms with van der Waals surface area (Å²) in [4.78, 5) is 6.81. The van der Waals surface area contributed by atoms with Crippen molar-refractivity contribution >= 4 is 34.6 Å². The number of rotatable bonds is 7. The van der Waals surface area contributed by atoms with Crippen LogP contribution in [-0.2, 0) is 0 Å². The van der Waals surface area contributed by atoms with Crippen LogP contribution >= 0.6 is 23.8 Å². The van der Waals surface area contributed by atoms with Crippen LogP contribution in [-0.4, -0.2) is 21.8 Å². The fourth-order valence-electron chi connectivity index (χ4n) is 4.88. The number of aromatic nitrogens is 2. The molecular formula is C31H25ClN4O2S. The van der Waals surface area contributed by atoms with Crippen molar-refractivity contribution in [1.82, 2.24) is 14.9 Å². The number of hydrogen-bond acceptors (Lipinski definition) is 4. The van der Waals surface area contributed by atoms with Gasteiger partial charge in [0.15, 0.2) is 5.11 Å². The Morgan fingerprint density at radius 2 is 1.56 bits per heavy atom. The first-order valence-electron chi connectivity index (χ1n) is 12.5. The number of nitrogens with zero attached hydrogens (tertiary/aromatic N) is 3. The molecule has 8 heteroatoms. The minimum absolute atomic E-state index is 0.165. The molecule has 0 bridgehead atoms. The molecule has 1 fully saturated rings. The maximum Gasteiger partial charge on any atom is 0.174 e. The number of ether oxygens (including phenoxy) is 2. The number of hydrogen-bond donors (Lipinski definition) is 1. The first kappa shape index (κ1) is 25.0. The Morgan fingerprint density at radius 3 is 2.26 bits per heavy atom. The number of methoxy groups -OCH3 is 1. The lowest BCUT2D eigenvalue weighted by atomic mass is 10.0. The highest BCUT2D eigenvalue weighted by molar-refractivity contribution is 7.80. The van der Waals surface area contributed by atoms with Crippen molar-refractivity contribution in [2.75, 3.05) is 12.0 Å². The van der Waals surface area contributed by atoms with Crippen LogP contribution in [0.5, 0.6) is 17.2 Å². The number of halogens is 1. The van der Waals surface area contributed by atoms with E-state index in [9.17, 15) is 0 Å². The summed E-state index contributed by atoms with van der Waals surface area (Å²) in [6, 6.07) is 33.0. The van der Waals surface area contributed by atoms with E-state index in [-0.39, 0.29) is 12.1 Å². The molecule has 1 saturated heterocycles. The van der Waals surface area contributed by atoms with E-state index >= 15 is 0 Å². The summed E-state index contributed by atoms with van der Waals surface area (Å²) < 4.78 is 13.4. The molecule has 39 heavy (non-hydrogen) atoms. The summed E-state index contributed by atoms with van der Waals surface area (Å²) in [5.74, 6) is 2.24. The third-order valence-corrected chi connectivity index (χ3v) is 7.23. The highest BCUT2D eigenvalue weighted by Gasteiger charge is 2.42. The summed E-state index contributed by atoms with van der Waals surface area (Å²) in [6.45, 7) is 0. The van der Waals surface area contributed by atoms with Crippen molar-refractivity contribution in [1.29, 1.82) is 0 Å². The molecule has 2 aromatic heterocycles. The molecular weight excluding hydrogens is 528 g/mol. The molecule has 0 amide bonds. The fourth-order valence-corrected chi connectivity index (χ4v) is 5.41. The molecule has 0 spiro atoms. The normalized spacial score (nSPS) is 16.7. The van der Waals surface area contributed by atoms with Gasteiger partial charge in [-0.05, 0) is 103 Å². The maximum absolute atomic E-state index is 6.35. The van der Waals surface area contributed by atoms with Gasteiger partial charge >= 0.3 is 0 Å². The Labute approximate surface area is 237 Å². The van der Waals surface area contributed by atoms with E-state index in [0.717, 1.165) is 40.0 Å². The van der Waals surface area contributed by atoms with Crippen LogP contribution in [0.1, 0.15) is 23.5 Å². The summed E-state index contributed by atoms with van der Waals surface area (Å²) in [5, 5.41) is 4.83. The monoisotopic (exact) mass is 552 g/mol. The summed E-state index contributed by atoms with van der Waals surface area (Å²) >= 11 is 12.3. The van der Waals surface area contributed by atoms with E-state index in [0.29, 0.717) is 10.1 Å². The topological polar surface area (TPSA) is 51.6 Å². The lowest BCUT2D eigenvalue weighted by molar-refractivity contribution is 0.413. The Morgan fingerprint density at radius 1 is 0.821 bits per heavy atom. The summed E-state index contributed by atoms with van der Waals surface area (Å²) in [5.41, 5.74) is 3.88. The van der Waals surface area contributed by atoms with Gasteiger partial charge in [0, 0.05) is 34.5 Å². The second-order valence-corrected chi connectivity index (χ2v) is 9.87. The van der Waals surface area contributed by atoms with Crippen molar-refractivity contribution in [2.45, 2.75) is 12.1 Å². The SMILES string of the molecule is COc1ccc(Oc2ccc(N3C(=S)N[C@@H](c4ccccn4)[C@H]3c3cccn3-c3cccc(Cl)c3)cc2)cc1. The molecule has 1 aliphatic heterocycles. The van der Waals surface area contributed by atoms with E-state index in [4.69, 9.17) is 33.3 Å². The Bertz CT molecular complexity index is 1590. The van der Waals surface area contributed by atoms with E-state index < -0.39 is 0 Å². The number of thiocarbonyl (C=S) groups is 1. The maximum atomic E-state index is 6.35. The Balaban J connectivity index is 1.37. The number of benzene rings is 3. The molecule has 1 aliphatic rings. The van der Waals surface area contributed by atoms with Gasteiger partial charge in [-0.3, -0.25) is 4.98 Å². The average Bonchev–Trinajstić information content (AvgIpc) is 3.59. The second-order valence-electron chi connectivity index (χ2n) is 9.05. The molecule has 0 aliphatic carbocycles.